The summed E-state index contributed by atoms with van der Waals surface area (Å²) in [4.78, 5) is 37.9. The monoisotopic (exact) mass is 498 g/mol. The second-order valence-corrected chi connectivity index (χ2v) is 10.0. The zero-order chi connectivity index (χ0) is 24.7. The molecule has 2 aromatic carbocycles. The van der Waals surface area contributed by atoms with Crippen LogP contribution in [0.4, 0.5) is 0 Å². The molecule has 0 saturated heterocycles. The van der Waals surface area contributed by atoms with Crippen molar-refractivity contribution in [1.82, 2.24) is 10.6 Å². The van der Waals surface area contributed by atoms with E-state index in [0.717, 1.165) is 16.7 Å². The predicted octanol–water partition coefficient (Wildman–Crippen LogP) is 5.17. The van der Waals surface area contributed by atoms with Crippen molar-refractivity contribution in [2.24, 2.45) is 0 Å². The highest BCUT2D eigenvalue weighted by Crippen LogP contribution is 2.28. The molecule has 34 heavy (non-hydrogen) atoms. The minimum Gasteiger partial charge on any atom is -0.481 e. The van der Waals surface area contributed by atoms with Crippen LogP contribution in [0.1, 0.15) is 41.9 Å². The zero-order valence-corrected chi connectivity index (χ0v) is 20.6. The summed E-state index contributed by atoms with van der Waals surface area (Å²) in [5.74, 6) is -1.87. The molecule has 0 saturated carbocycles. The minimum absolute atomic E-state index is 0.0179. The first-order valence-corrected chi connectivity index (χ1v) is 12.1. The largest absolute Gasteiger partial charge is 0.481 e. The maximum Gasteiger partial charge on any atom is 0.303 e. The zero-order valence-electron chi connectivity index (χ0n) is 19.0. The SMILES string of the molecule is CC(C)(Cc1ccc(Cl)cc1)NC(=O)[C@H](CCC(=O)O)NC(=O)c1sccc1-c1ccccc1. The molecule has 8 heteroatoms. The molecule has 0 bridgehead atoms. The highest BCUT2D eigenvalue weighted by molar-refractivity contribution is 7.12. The first-order valence-electron chi connectivity index (χ1n) is 10.9. The van der Waals surface area contributed by atoms with E-state index < -0.39 is 29.4 Å². The van der Waals surface area contributed by atoms with Crippen molar-refractivity contribution in [2.75, 3.05) is 0 Å². The number of carbonyl (C=O) groups excluding carboxylic acids is 2. The number of halogens is 1. The summed E-state index contributed by atoms with van der Waals surface area (Å²) in [6.07, 6.45) is 0.278. The van der Waals surface area contributed by atoms with Crippen LogP contribution in [0.2, 0.25) is 5.02 Å². The number of hydrogen-bond donors (Lipinski definition) is 3. The van der Waals surface area contributed by atoms with E-state index in [0.29, 0.717) is 16.3 Å². The van der Waals surface area contributed by atoms with Gasteiger partial charge in [-0.1, -0.05) is 54.1 Å². The number of carboxylic acids is 1. The van der Waals surface area contributed by atoms with E-state index in [1.165, 1.54) is 11.3 Å². The van der Waals surface area contributed by atoms with Crippen LogP contribution in [0.3, 0.4) is 0 Å². The van der Waals surface area contributed by atoms with Gasteiger partial charge >= 0.3 is 5.97 Å². The van der Waals surface area contributed by atoms with Crippen molar-refractivity contribution in [2.45, 2.75) is 44.7 Å². The Bertz CT molecular complexity index is 1140. The molecule has 0 aliphatic carbocycles. The van der Waals surface area contributed by atoms with Gasteiger partial charge in [0.05, 0.1) is 4.88 Å². The number of benzene rings is 2. The van der Waals surface area contributed by atoms with Crippen LogP contribution in [0.5, 0.6) is 0 Å². The number of thiophene rings is 1. The Balaban J connectivity index is 1.74. The number of amides is 2. The fraction of sp³-hybridized carbons (Fsp3) is 0.269. The third kappa shape index (κ3) is 7.17. The smallest absolute Gasteiger partial charge is 0.303 e. The van der Waals surface area contributed by atoms with Gasteiger partial charge in [-0.15, -0.1) is 11.3 Å². The van der Waals surface area contributed by atoms with E-state index in [2.05, 4.69) is 10.6 Å². The molecule has 0 radical (unpaired) electrons. The van der Waals surface area contributed by atoms with Gasteiger partial charge < -0.3 is 15.7 Å². The molecule has 2 amide bonds. The van der Waals surface area contributed by atoms with Crippen LogP contribution in [-0.2, 0) is 16.0 Å². The Morgan fingerprint density at radius 3 is 2.35 bits per heavy atom. The molecule has 1 heterocycles. The lowest BCUT2D eigenvalue weighted by atomic mass is 9.94. The summed E-state index contributed by atoms with van der Waals surface area (Å²) in [5.41, 5.74) is 2.02. The molecule has 0 aliphatic heterocycles. The van der Waals surface area contributed by atoms with Crippen LogP contribution in [0.15, 0.2) is 66.0 Å². The molecule has 3 N–H and O–H groups in total. The van der Waals surface area contributed by atoms with Crippen molar-refractivity contribution in [3.8, 4) is 11.1 Å². The number of rotatable bonds is 10. The third-order valence-corrected chi connectivity index (χ3v) is 6.41. The fourth-order valence-corrected chi connectivity index (χ4v) is 4.61. The first-order chi connectivity index (χ1) is 16.1. The summed E-state index contributed by atoms with van der Waals surface area (Å²) in [7, 11) is 0. The maximum absolute atomic E-state index is 13.1. The predicted molar refractivity (Wildman–Crippen MR) is 135 cm³/mol. The third-order valence-electron chi connectivity index (χ3n) is 5.25. The molecule has 0 spiro atoms. The summed E-state index contributed by atoms with van der Waals surface area (Å²) >= 11 is 7.23. The van der Waals surface area contributed by atoms with Gasteiger partial charge in [-0.2, -0.15) is 0 Å². The number of carboxylic acid groups (broad SMARTS) is 1. The highest BCUT2D eigenvalue weighted by Gasteiger charge is 2.29. The van der Waals surface area contributed by atoms with Gasteiger partial charge in [0.15, 0.2) is 0 Å². The Morgan fingerprint density at radius 2 is 1.71 bits per heavy atom. The van der Waals surface area contributed by atoms with Crippen molar-refractivity contribution in [3.05, 3.63) is 81.5 Å². The fourth-order valence-electron chi connectivity index (χ4n) is 3.67. The minimum atomic E-state index is -1.03. The highest BCUT2D eigenvalue weighted by atomic mass is 35.5. The van der Waals surface area contributed by atoms with Gasteiger partial charge in [-0.3, -0.25) is 14.4 Å². The van der Waals surface area contributed by atoms with Crippen molar-refractivity contribution < 1.29 is 19.5 Å². The van der Waals surface area contributed by atoms with Crippen LogP contribution in [0, 0.1) is 0 Å². The topological polar surface area (TPSA) is 95.5 Å². The van der Waals surface area contributed by atoms with Gasteiger partial charge in [0, 0.05) is 22.5 Å². The number of aliphatic carboxylic acids is 1. The normalized spacial score (nSPS) is 12.1. The quantitative estimate of drug-likeness (QED) is 0.359. The van der Waals surface area contributed by atoms with E-state index in [1.54, 1.807) is 12.1 Å². The Morgan fingerprint density at radius 1 is 1.03 bits per heavy atom. The van der Waals surface area contributed by atoms with Gasteiger partial charge in [-0.05, 0) is 61.4 Å². The molecule has 0 fully saturated rings. The van der Waals surface area contributed by atoms with E-state index in [4.69, 9.17) is 16.7 Å². The Hall–Kier alpha value is -3.16. The second kappa shape index (κ2) is 11.3. The molecule has 0 aliphatic rings. The molecular formula is C26H27ClN2O4S. The van der Waals surface area contributed by atoms with E-state index in [9.17, 15) is 14.4 Å². The molecule has 6 nitrogen and oxygen atoms in total. The Labute approximate surface area is 208 Å². The molecule has 1 aromatic heterocycles. The lowest BCUT2D eigenvalue weighted by molar-refractivity contribution is -0.137. The summed E-state index contributed by atoms with van der Waals surface area (Å²) in [5, 5.41) is 17.3. The molecular weight excluding hydrogens is 472 g/mol. The van der Waals surface area contributed by atoms with Gasteiger partial charge in [-0.25, -0.2) is 0 Å². The average molecular weight is 499 g/mol. The van der Waals surface area contributed by atoms with E-state index in [-0.39, 0.29) is 12.8 Å². The van der Waals surface area contributed by atoms with Crippen molar-refractivity contribution in [3.63, 3.8) is 0 Å². The summed E-state index contributed by atoms with van der Waals surface area (Å²) < 4.78 is 0. The van der Waals surface area contributed by atoms with Crippen LogP contribution >= 0.6 is 22.9 Å². The maximum atomic E-state index is 13.1. The van der Waals surface area contributed by atoms with Gasteiger partial charge in [0.2, 0.25) is 5.91 Å². The summed E-state index contributed by atoms with van der Waals surface area (Å²) in [6, 6.07) is 17.7. The van der Waals surface area contributed by atoms with Crippen molar-refractivity contribution in [1.29, 1.82) is 0 Å². The lowest BCUT2D eigenvalue weighted by Crippen LogP contribution is -2.54. The Kier molecular flexibility index (Phi) is 8.47. The van der Waals surface area contributed by atoms with Gasteiger partial charge in [0.25, 0.3) is 5.91 Å². The molecule has 178 valence electrons. The molecule has 3 aromatic rings. The average Bonchev–Trinajstić information content (AvgIpc) is 3.28. The molecule has 0 unspecified atom stereocenters. The van der Waals surface area contributed by atoms with E-state index in [1.807, 2.05) is 67.8 Å². The first kappa shape index (κ1) is 25.5. The van der Waals surface area contributed by atoms with Crippen LogP contribution in [-0.4, -0.2) is 34.5 Å². The lowest BCUT2D eigenvalue weighted by Gasteiger charge is -2.29. The molecule has 3 rings (SSSR count). The van der Waals surface area contributed by atoms with Crippen LogP contribution in [0.25, 0.3) is 11.1 Å². The second-order valence-electron chi connectivity index (χ2n) is 8.66. The summed E-state index contributed by atoms with van der Waals surface area (Å²) in [6.45, 7) is 3.75. The number of carbonyl (C=O) groups is 3. The van der Waals surface area contributed by atoms with Crippen LogP contribution < -0.4 is 10.6 Å². The standard InChI is InChI=1S/C26H27ClN2O4S/c1-26(2,16-17-8-10-19(27)11-9-17)29-24(32)21(12-13-22(30)31)28-25(33)23-20(14-15-34-23)18-6-4-3-5-7-18/h3-11,14-15,21H,12-13,16H2,1-2H3,(H,28,33)(H,29,32)(H,30,31)/t21-/m0/s1. The number of hydrogen-bond acceptors (Lipinski definition) is 4. The van der Waals surface area contributed by atoms with Gasteiger partial charge in [0.1, 0.15) is 6.04 Å². The number of nitrogens with one attached hydrogen (secondary N) is 2. The molecule has 1 atom stereocenters. The van der Waals surface area contributed by atoms with E-state index >= 15 is 0 Å². The van der Waals surface area contributed by atoms with Crippen molar-refractivity contribution >= 4 is 40.7 Å².